The molecule has 2 aromatic carbocycles. The molecule has 0 radical (unpaired) electrons. The smallest absolute Gasteiger partial charge is 0.119 e. The van der Waals surface area contributed by atoms with Gasteiger partial charge in [0.25, 0.3) is 0 Å². The van der Waals surface area contributed by atoms with Gasteiger partial charge < -0.3 is 10.1 Å². The van der Waals surface area contributed by atoms with Crippen molar-refractivity contribution in [3.63, 3.8) is 0 Å². The van der Waals surface area contributed by atoms with Crippen molar-refractivity contribution in [2.45, 2.75) is 19.9 Å². The van der Waals surface area contributed by atoms with E-state index in [1.54, 1.807) is 7.11 Å². The third kappa shape index (κ3) is 3.27. The van der Waals surface area contributed by atoms with Gasteiger partial charge in [0.15, 0.2) is 0 Å². The second-order valence-electron chi connectivity index (χ2n) is 4.25. The van der Waals surface area contributed by atoms with Gasteiger partial charge in [0.05, 0.1) is 7.11 Å². The van der Waals surface area contributed by atoms with Crippen molar-refractivity contribution >= 4 is 5.69 Å². The predicted molar refractivity (Wildman–Crippen MR) is 76.1 cm³/mol. The molecule has 0 aromatic heterocycles. The summed E-state index contributed by atoms with van der Waals surface area (Å²) in [5.74, 6) is 0.882. The van der Waals surface area contributed by atoms with Gasteiger partial charge in [-0.25, -0.2) is 0 Å². The fraction of sp³-hybridized carbons (Fsp3) is 0.250. The first kappa shape index (κ1) is 12.5. The fourth-order valence-corrected chi connectivity index (χ4v) is 1.81. The number of anilines is 1. The van der Waals surface area contributed by atoms with Crippen LogP contribution < -0.4 is 10.1 Å². The second kappa shape index (κ2) is 6.10. The largest absolute Gasteiger partial charge is 0.497 e. The predicted octanol–water partition coefficient (Wildman–Crippen LogP) is 3.87. The number of benzene rings is 2. The summed E-state index contributed by atoms with van der Waals surface area (Å²) >= 11 is 0. The SMILES string of the molecule is CCc1ccc(CNc2ccc(OC)cc2)cc1. The van der Waals surface area contributed by atoms with Crippen molar-refractivity contribution in [2.24, 2.45) is 0 Å². The van der Waals surface area contributed by atoms with Crippen LogP contribution in [0.1, 0.15) is 18.1 Å². The number of hydrogen-bond acceptors (Lipinski definition) is 2. The van der Waals surface area contributed by atoms with E-state index in [0.717, 1.165) is 24.4 Å². The molecule has 18 heavy (non-hydrogen) atoms. The van der Waals surface area contributed by atoms with E-state index in [-0.39, 0.29) is 0 Å². The third-order valence-electron chi connectivity index (χ3n) is 3.02. The summed E-state index contributed by atoms with van der Waals surface area (Å²) < 4.78 is 5.13. The fourth-order valence-electron chi connectivity index (χ4n) is 1.81. The zero-order chi connectivity index (χ0) is 12.8. The maximum absolute atomic E-state index is 5.13. The van der Waals surface area contributed by atoms with Crippen LogP contribution in [0.2, 0.25) is 0 Å². The van der Waals surface area contributed by atoms with E-state index < -0.39 is 0 Å². The van der Waals surface area contributed by atoms with Gasteiger partial charge in [-0.05, 0) is 41.8 Å². The molecule has 0 aliphatic carbocycles. The summed E-state index contributed by atoms with van der Waals surface area (Å²) in [7, 11) is 1.68. The molecule has 1 N–H and O–H groups in total. The topological polar surface area (TPSA) is 21.3 Å². The Kier molecular flexibility index (Phi) is 4.24. The monoisotopic (exact) mass is 241 g/mol. The van der Waals surface area contributed by atoms with E-state index in [4.69, 9.17) is 4.74 Å². The molecule has 0 fully saturated rings. The van der Waals surface area contributed by atoms with Crippen LogP contribution in [0.25, 0.3) is 0 Å². The minimum Gasteiger partial charge on any atom is -0.497 e. The third-order valence-corrected chi connectivity index (χ3v) is 3.02. The lowest BCUT2D eigenvalue weighted by molar-refractivity contribution is 0.415. The van der Waals surface area contributed by atoms with Crippen molar-refractivity contribution in [3.8, 4) is 5.75 Å². The number of nitrogens with one attached hydrogen (secondary N) is 1. The molecular formula is C16H19NO. The van der Waals surface area contributed by atoms with Crippen molar-refractivity contribution in [1.29, 1.82) is 0 Å². The standard InChI is InChI=1S/C16H19NO/c1-3-13-4-6-14(7-5-13)12-17-15-8-10-16(18-2)11-9-15/h4-11,17H,3,12H2,1-2H3. The Morgan fingerprint density at radius 1 is 0.889 bits per heavy atom. The van der Waals surface area contributed by atoms with Crippen LogP contribution in [0.5, 0.6) is 5.75 Å². The maximum atomic E-state index is 5.13. The molecule has 2 heteroatoms. The molecule has 0 spiro atoms. The Bertz CT molecular complexity index is 426. The summed E-state index contributed by atoms with van der Waals surface area (Å²) in [6, 6.07) is 16.7. The van der Waals surface area contributed by atoms with Crippen molar-refractivity contribution in [1.82, 2.24) is 0 Å². The molecule has 0 amide bonds. The highest BCUT2D eigenvalue weighted by molar-refractivity contribution is 5.46. The molecule has 2 rings (SSSR count). The number of methoxy groups -OCH3 is 1. The van der Waals surface area contributed by atoms with Gasteiger partial charge in [0.2, 0.25) is 0 Å². The lowest BCUT2D eigenvalue weighted by Crippen LogP contribution is -1.99. The minimum atomic E-state index is 0.844. The number of rotatable bonds is 5. The summed E-state index contributed by atoms with van der Waals surface area (Å²) in [5.41, 5.74) is 3.78. The summed E-state index contributed by atoms with van der Waals surface area (Å²) in [4.78, 5) is 0. The molecule has 0 aliphatic heterocycles. The van der Waals surface area contributed by atoms with E-state index in [9.17, 15) is 0 Å². The highest BCUT2D eigenvalue weighted by Crippen LogP contribution is 2.16. The van der Waals surface area contributed by atoms with Crippen molar-refractivity contribution in [3.05, 3.63) is 59.7 Å². The van der Waals surface area contributed by atoms with Gasteiger partial charge >= 0.3 is 0 Å². The molecule has 0 atom stereocenters. The second-order valence-corrected chi connectivity index (χ2v) is 4.25. The summed E-state index contributed by atoms with van der Waals surface area (Å²) in [6.45, 7) is 3.01. The first-order valence-electron chi connectivity index (χ1n) is 6.27. The van der Waals surface area contributed by atoms with E-state index in [2.05, 4.69) is 36.5 Å². The van der Waals surface area contributed by atoms with Gasteiger partial charge in [0, 0.05) is 12.2 Å². The molecule has 2 aromatic rings. The molecule has 2 nitrogen and oxygen atoms in total. The van der Waals surface area contributed by atoms with E-state index >= 15 is 0 Å². The Hall–Kier alpha value is -1.96. The molecule has 0 bridgehead atoms. The Balaban J connectivity index is 1.93. The Morgan fingerprint density at radius 3 is 2.06 bits per heavy atom. The van der Waals surface area contributed by atoms with Crippen LogP contribution in [0.15, 0.2) is 48.5 Å². The van der Waals surface area contributed by atoms with Crippen molar-refractivity contribution in [2.75, 3.05) is 12.4 Å². The average Bonchev–Trinajstić information content (AvgIpc) is 2.46. The zero-order valence-electron chi connectivity index (χ0n) is 10.9. The van der Waals surface area contributed by atoms with Crippen LogP contribution in [0, 0.1) is 0 Å². The zero-order valence-corrected chi connectivity index (χ0v) is 10.9. The van der Waals surface area contributed by atoms with Gasteiger partial charge in [0.1, 0.15) is 5.75 Å². The number of aryl methyl sites for hydroxylation is 1. The number of ether oxygens (including phenoxy) is 1. The Labute approximate surface area is 109 Å². The molecule has 0 aliphatic rings. The molecule has 94 valence electrons. The normalized spacial score (nSPS) is 10.1. The van der Waals surface area contributed by atoms with Gasteiger partial charge in [-0.15, -0.1) is 0 Å². The van der Waals surface area contributed by atoms with Crippen molar-refractivity contribution < 1.29 is 4.74 Å². The molecule has 0 unspecified atom stereocenters. The maximum Gasteiger partial charge on any atom is 0.119 e. The first-order valence-corrected chi connectivity index (χ1v) is 6.27. The first-order chi connectivity index (χ1) is 8.81. The van der Waals surface area contributed by atoms with Crippen LogP contribution in [-0.2, 0) is 13.0 Å². The minimum absolute atomic E-state index is 0.844. The van der Waals surface area contributed by atoms with Gasteiger partial charge in [-0.3, -0.25) is 0 Å². The van der Waals surface area contributed by atoms with Crippen LogP contribution in [-0.4, -0.2) is 7.11 Å². The Morgan fingerprint density at radius 2 is 1.50 bits per heavy atom. The number of hydrogen-bond donors (Lipinski definition) is 1. The summed E-state index contributed by atoms with van der Waals surface area (Å²) in [6.07, 6.45) is 1.09. The van der Waals surface area contributed by atoms with Crippen LogP contribution in [0.4, 0.5) is 5.69 Å². The van der Waals surface area contributed by atoms with Crippen LogP contribution >= 0.6 is 0 Å². The molecule has 0 heterocycles. The van der Waals surface area contributed by atoms with E-state index in [1.807, 2.05) is 24.3 Å². The highest BCUT2D eigenvalue weighted by atomic mass is 16.5. The van der Waals surface area contributed by atoms with E-state index in [1.165, 1.54) is 11.1 Å². The average molecular weight is 241 g/mol. The van der Waals surface area contributed by atoms with E-state index in [0.29, 0.717) is 0 Å². The molecule has 0 saturated carbocycles. The lowest BCUT2D eigenvalue weighted by atomic mass is 10.1. The molecular weight excluding hydrogens is 222 g/mol. The van der Waals surface area contributed by atoms with Crippen LogP contribution in [0.3, 0.4) is 0 Å². The highest BCUT2D eigenvalue weighted by Gasteiger charge is 1.96. The van der Waals surface area contributed by atoms with Gasteiger partial charge in [-0.2, -0.15) is 0 Å². The molecule has 0 saturated heterocycles. The summed E-state index contributed by atoms with van der Waals surface area (Å²) in [5, 5.41) is 3.39. The quantitative estimate of drug-likeness (QED) is 0.858. The lowest BCUT2D eigenvalue weighted by Gasteiger charge is -2.08. The van der Waals surface area contributed by atoms with Gasteiger partial charge in [-0.1, -0.05) is 31.2 Å².